The van der Waals surface area contributed by atoms with Gasteiger partial charge < -0.3 is 16.4 Å². The third-order valence-electron chi connectivity index (χ3n) is 4.09. The van der Waals surface area contributed by atoms with Crippen LogP contribution < -0.4 is 16.4 Å². The zero-order chi connectivity index (χ0) is 16.7. The lowest BCUT2D eigenvalue weighted by Crippen LogP contribution is -2.36. The lowest BCUT2D eigenvalue weighted by Gasteiger charge is -2.22. The molecule has 0 radical (unpaired) electrons. The zero-order valence-electron chi connectivity index (χ0n) is 14.2. The maximum absolute atomic E-state index is 11.9. The van der Waals surface area contributed by atoms with Crippen molar-refractivity contribution in [2.75, 3.05) is 11.9 Å². The summed E-state index contributed by atoms with van der Waals surface area (Å²) in [5, 5.41) is 6.16. The number of aryl methyl sites for hydroxylation is 2. The molecule has 0 saturated heterocycles. The number of rotatable bonds is 5. The Balaban J connectivity index is 1.74. The summed E-state index contributed by atoms with van der Waals surface area (Å²) in [6.45, 7) is 4.49. The van der Waals surface area contributed by atoms with Gasteiger partial charge in [0, 0.05) is 18.2 Å². The molecule has 23 heavy (non-hydrogen) atoms. The van der Waals surface area contributed by atoms with Crippen molar-refractivity contribution in [1.82, 2.24) is 5.32 Å². The summed E-state index contributed by atoms with van der Waals surface area (Å²) in [6.07, 6.45) is 6.31. The molecule has 5 nitrogen and oxygen atoms in total. The van der Waals surface area contributed by atoms with Crippen LogP contribution in [0, 0.1) is 13.8 Å². The number of aliphatic imine (C=N–C) groups is 1. The first kappa shape index (κ1) is 17.3. The Morgan fingerprint density at radius 1 is 1.17 bits per heavy atom. The van der Waals surface area contributed by atoms with Gasteiger partial charge in [0.2, 0.25) is 5.91 Å². The smallest absolute Gasteiger partial charge is 0.222 e. The first-order valence-electron chi connectivity index (χ1n) is 8.47. The fourth-order valence-electron chi connectivity index (χ4n) is 3.06. The van der Waals surface area contributed by atoms with Gasteiger partial charge in [0.1, 0.15) is 0 Å². The molecule has 0 unspecified atom stereocenters. The Bertz CT molecular complexity index is 542. The number of benzene rings is 1. The van der Waals surface area contributed by atoms with E-state index in [-0.39, 0.29) is 5.91 Å². The third kappa shape index (κ3) is 6.30. The SMILES string of the molecule is Cc1cc(C)cc(NC(N)=NCCC(=O)NC2CCCCC2)c1. The minimum absolute atomic E-state index is 0.0693. The zero-order valence-corrected chi connectivity index (χ0v) is 14.2. The van der Waals surface area contributed by atoms with Crippen molar-refractivity contribution in [2.24, 2.45) is 10.7 Å². The van der Waals surface area contributed by atoms with E-state index >= 15 is 0 Å². The summed E-state index contributed by atoms with van der Waals surface area (Å²) in [5.41, 5.74) is 9.16. The molecule has 0 atom stereocenters. The first-order valence-corrected chi connectivity index (χ1v) is 8.47. The molecular formula is C18H28N4O. The molecule has 1 fully saturated rings. The van der Waals surface area contributed by atoms with Crippen molar-refractivity contribution >= 4 is 17.6 Å². The van der Waals surface area contributed by atoms with E-state index in [2.05, 4.69) is 21.7 Å². The summed E-state index contributed by atoms with van der Waals surface area (Å²) >= 11 is 0. The molecule has 1 amide bonds. The summed E-state index contributed by atoms with van der Waals surface area (Å²) < 4.78 is 0. The van der Waals surface area contributed by atoms with Crippen molar-refractivity contribution in [3.63, 3.8) is 0 Å². The Labute approximate surface area is 138 Å². The Morgan fingerprint density at radius 2 is 1.83 bits per heavy atom. The van der Waals surface area contributed by atoms with Crippen LogP contribution in [0.15, 0.2) is 23.2 Å². The van der Waals surface area contributed by atoms with Crippen LogP contribution >= 0.6 is 0 Å². The standard InChI is InChI=1S/C18H28N4O/c1-13-10-14(2)12-16(11-13)22-18(19)20-9-8-17(23)21-15-6-4-3-5-7-15/h10-12,15H,3-9H2,1-2H3,(H,21,23)(H3,19,20,22). The minimum Gasteiger partial charge on any atom is -0.370 e. The molecule has 5 heteroatoms. The number of anilines is 1. The second-order valence-corrected chi connectivity index (χ2v) is 6.42. The third-order valence-corrected chi connectivity index (χ3v) is 4.09. The van der Waals surface area contributed by atoms with Crippen LogP contribution in [0.3, 0.4) is 0 Å². The number of amides is 1. The van der Waals surface area contributed by atoms with Crippen LogP contribution in [0.4, 0.5) is 5.69 Å². The van der Waals surface area contributed by atoms with Crippen LogP contribution in [-0.2, 0) is 4.79 Å². The lowest BCUT2D eigenvalue weighted by molar-refractivity contribution is -0.121. The van der Waals surface area contributed by atoms with Gasteiger partial charge in [-0.05, 0) is 49.9 Å². The fourth-order valence-corrected chi connectivity index (χ4v) is 3.06. The van der Waals surface area contributed by atoms with Crippen LogP contribution in [0.2, 0.25) is 0 Å². The number of nitrogens with zero attached hydrogens (tertiary/aromatic N) is 1. The average molecular weight is 316 g/mol. The van der Waals surface area contributed by atoms with Crippen LogP contribution in [0.5, 0.6) is 0 Å². The normalized spacial score (nSPS) is 16.2. The topological polar surface area (TPSA) is 79.5 Å². The molecule has 0 aromatic heterocycles. The fraction of sp³-hybridized carbons (Fsp3) is 0.556. The first-order chi connectivity index (χ1) is 11.0. The largest absolute Gasteiger partial charge is 0.370 e. The predicted molar refractivity (Wildman–Crippen MR) is 95.7 cm³/mol. The van der Waals surface area contributed by atoms with Crippen LogP contribution in [0.1, 0.15) is 49.7 Å². The second kappa shape index (κ2) is 8.56. The Hall–Kier alpha value is -2.04. The number of carbonyl (C=O) groups is 1. The molecular weight excluding hydrogens is 288 g/mol. The van der Waals surface area contributed by atoms with Crippen molar-refractivity contribution in [1.29, 1.82) is 0 Å². The molecule has 1 aliphatic rings. The van der Waals surface area contributed by atoms with E-state index in [9.17, 15) is 4.79 Å². The van der Waals surface area contributed by atoms with E-state index in [0.29, 0.717) is 25.0 Å². The minimum atomic E-state index is 0.0693. The molecule has 0 bridgehead atoms. The number of nitrogens with two attached hydrogens (primary N) is 1. The highest BCUT2D eigenvalue weighted by molar-refractivity contribution is 5.92. The van der Waals surface area contributed by atoms with Crippen molar-refractivity contribution in [2.45, 2.75) is 58.4 Å². The molecule has 1 aromatic carbocycles. The van der Waals surface area contributed by atoms with Crippen molar-refractivity contribution in [3.8, 4) is 0 Å². The molecule has 1 aromatic rings. The maximum atomic E-state index is 11.9. The molecule has 126 valence electrons. The highest BCUT2D eigenvalue weighted by Crippen LogP contribution is 2.17. The highest BCUT2D eigenvalue weighted by atomic mass is 16.1. The number of guanidine groups is 1. The quantitative estimate of drug-likeness (QED) is 0.577. The summed E-state index contributed by atoms with van der Waals surface area (Å²) in [4.78, 5) is 16.1. The van der Waals surface area contributed by atoms with Gasteiger partial charge in [-0.25, -0.2) is 0 Å². The number of hydrogen-bond acceptors (Lipinski definition) is 2. The van der Waals surface area contributed by atoms with E-state index in [0.717, 1.165) is 18.5 Å². The van der Waals surface area contributed by atoms with E-state index in [1.807, 2.05) is 26.0 Å². The van der Waals surface area contributed by atoms with Gasteiger partial charge in [-0.1, -0.05) is 25.3 Å². The lowest BCUT2D eigenvalue weighted by atomic mass is 9.95. The van der Waals surface area contributed by atoms with E-state index in [1.165, 1.54) is 30.4 Å². The van der Waals surface area contributed by atoms with Gasteiger partial charge >= 0.3 is 0 Å². The summed E-state index contributed by atoms with van der Waals surface area (Å²) in [5.74, 6) is 0.417. The van der Waals surface area contributed by atoms with E-state index in [1.54, 1.807) is 0 Å². The van der Waals surface area contributed by atoms with Crippen LogP contribution in [-0.4, -0.2) is 24.5 Å². The molecule has 1 saturated carbocycles. The number of nitrogens with one attached hydrogen (secondary N) is 2. The predicted octanol–water partition coefficient (Wildman–Crippen LogP) is 2.87. The van der Waals surface area contributed by atoms with Crippen molar-refractivity contribution < 1.29 is 4.79 Å². The summed E-state index contributed by atoms with van der Waals surface area (Å²) in [7, 11) is 0. The Morgan fingerprint density at radius 3 is 2.48 bits per heavy atom. The van der Waals surface area contributed by atoms with Gasteiger partial charge in [0.05, 0.1) is 6.54 Å². The average Bonchev–Trinajstić information content (AvgIpc) is 2.47. The van der Waals surface area contributed by atoms with Crippen LogP contribution in [0.25, 0.3) is 0 Å². The van der Waals surface area contributed by atoms with Crippen molar-refractivity contribution in [3.05, 3.63) is 29.3 Å². The number of hydrogen-bond donors (Lipinski definition) is 3. The molecule has 0 aliphatic heterocycles. The van der Waals surface area contributed by atoms with Gasteiger partial charge in [0.25, 0.3) is 0 Å². The summed E-state index contributed by atoms with van der Waals surface area (Å²) in [6, 6.07) is 6.50. The molecule has 2 rings (SSSR count). The monoisotopic (exact) mass is 316 g/mol. The highest BCUT2D eigenvalue weighted by Gasteiger charge is 2.15. The van der Waals surface area contributed by atoms with Gasteiger partial charge in [-0.2, -0.15) is 0 Å². The maximum Gasteiger partial charge on any atom is 0.222 e. The van der Waals surface area contributed by atoms with Gasteiger partial charge in [-0.15, -0.1) is 0 Å². The molecule has 0 heterocycles. The van der Waals surface area contributed by atoms with Gasteiger partial charge in [-0.3, -0.25) is 9.79 Å². The van der Waals surface area contributed by atoms with E-state index < -0.39 is 0 Å². The molecule has 1 aliphatic carbocycles. The number of carbonyl (C=O) groups excluding carboxylic acids is 1. The Kier molecular flexibility index (Phi) is 6.44. The molecule has 4 N–H and O–H groups in total. The molecule has 0 spiro atoms. The van der Waals surface area contributed by atoms with Gasteiger partial charge in [0.15, 0.2) is 5.96 Å². The second-order valence-electron chi connectivity index (χ2n) is 6.42. The van der Waals surface area contributed by atoms with E-state index in [4.69, 9.17) is 5.73 Å².